The molecule has 0 spiro atoms. The van der Waals surface area contributed by atoms with Crippen molar-refractivity contribution in [2.24, 2.45) is 5.92 Å². The number of aromatic amines is 1. The third-order valence-corrected chi connectivity index (χ3v) is 7.76. The summed E-state index contributed by atoms with van der Waals surface area (Å²) in [5.74, 6) is 0.388. The van der Waals surface area contributed by atoms with Crippen molar-refractivity contribution < 1.29 is 13.5 Å². The summed E-state index contributed by atoms with van der Waals surface area (Å²) >= 11 is 9.74. The largest absolute Gasteiger partial charge is 0.379 e. The summed E-state index contributed by atoms with van der Waals surface area (Å²) < 4.78 is 24.8. The standard InChI is InChI=1S/C21H22BrClN2O3S/c1-29(27,28)18-7-6-15(10-17(18)23)21(26,11-13-4-2-3-5-13)19-9-14-8-16(22)12-24-20(14)25-19/h6-10,12-13,26H,2-5,11H2,1H3,(H,24,25). The van der Waals surface area contributed by atoms with Gasteiger partial charge in [-0.05, 0) is 58.1 Å². The molecule has 8 heteroatoms. The van der Waals surface area contributed by atoms with Crippen LogP contribution in [0.5, 0.6) is 0 Å². The molecule has 0 amide bonds. The van der Waals surface area contributed by atoms with Crippen molar-refractivity contribution in [1.29, 1.82) is 0 Å². The Hall–Kier alpha value is -1.41. The van der Waals surface area contributed by atoms with Crippen LogP contribution in [0, 0.1) is 5.92 Å². The Labute approximate surface area is 183 Å². The van der Waals surface area contributed by atoms with Gasteiger partial charge in [-0.2, -0.15) is 0 Å². The fourth-order valence-electron chi connectivity index (χ4n) is 4.29. The highest BCUT2D eigenvalue weighted by molar-refractivity contribution is 9.10. The number of nitrogens with one attached hydrogen (secondary N) is 1. The zero-order valence-electron chi connectivity index (χ0n) is 16.0. The Morgan fingerprint density at radius 1 is 1.28 bits per heavy atom. The van der Waals surface area contributed by atoms with Crippen LogP contribution in [-0.2, 0) is 15.4 Å². The molecule has 29 heavy (non-hydrogen) atoms. The molecule has 1 aromatic carbocycles. The lowest BCUT2D eigenvalue weighted by Gasteiger charge is -2.31. The maximum Gasteiger partial charge on any atom is 0.176 e. The summed E-state index contributed by atoms with van der Waals surface area (Å²) in [5.41, 5.74) is 0.578. The molecule has 2 aromatic heterocycles. The highest BCUT2D eigenvalue weighted by Crippen LogP contribution is 2.42. The van der Waals surface area contributed by atoms with E-state index in [4.69, 9.17) is 11.6 Å². The zero-order chi connectivity index (χ0) is 20.8. The normalized spacial score (nSPS) is 17.7. The van der Waals surface area contributed by atoms with Gasteiger partial charge < -0.3 is 10.1 Å². The highest BCUT2D eigenvalue weighted by atomic mass is 79.9. The lowest BCUT2D eigenvalue weighted by atomic mass is 9.81. The number of pyridine rings is 1. The molecule has 2 heterocycles. The molecular weight excluding hydrogens is 476 g/mol. The summed E-state index contributed by atoms with van der Waals surface area (Å²) in [6.07, 6.45) is 7.83. The van der Waals surface area contributed by atoms with Gasteiger partial charge in [0.25, 0.3) is 0 Å². The van der Waals surface area contributed by atoms with Gasteiger partial charge in [-0.3, -0.25) is 0 Å². The molecule has 0 aliphatic heterocycles. The van der Waals surface area contributed by atoms with Crippen molar-refractivity contribution >= 4 is 48.4 Å². The number of aromatic nitrogens is 2. The quantitative estimate of drug-likeness (QED) is 0.507. The molecule has 1 atom stereocenters. The summed E-state index contributed by atoms with van der Waals surface area (Å²) in [6, 6.07) is 8.55. The van der Waals surface area contributed by atoms with Crippen molar-refractivity contribution in [3.63, 3.8) is 0 Å². The molecule has 0 radical (unpaired) electrons. The fraction of sp³-hybridized carbons (Fsp3) is 0.381. The number of rotatable bonds is 5. The van der Waals surface area contributed by atoms with E-state index >= 15 is 0 Å². The van der Waals surface area contributed by atoms with E-state index in [1.165, 1.54) is 6.07 Å². The topological polar surface area (TPSA) is 83.1 Å². The van der Waals surface area contributed by atoms with Crippen LogP contribution in [0.4, 0.5) is 0 Å². The Morgan fingerprint density at radius 3 is 2.66 bits per heavy atom. The molecule has 1 aliphatic rings. The molecule has 4 rings (SSSR count). The van der Waals surface area contributed by atoms with E-state index in [9.17, 15) is 13.5 Å². The van der Waals surface area contributed by atoms with E-state index in [0.717, 1.165) is 41.8 Å². The van der Waals surface area contributed by atoms with Gasteiger partial charge in [0.05, 0.1) is 15.6 Å². The second-order valence-corrected chi connectivity index (χ2v) is 11.2. The summed E-state index contributed by atoms with van der Waals surface area (Å²) in [4.78, 5) is 7.71. The predicted molar refractivity (Wildman–Crippen MR) is 118 cm³/mol. The number of hydrogen-bond acceptors (Lipinski definition) is 4. The Balaban J connectivity index is 1.84. The maximum absolute atomic E-state index is 11.9. The molecule has 0 saturated heterocycles. The van der Waals surface area contributed by atoms with Crippen LogP contribution in [-0.4, -0.2) is 29.7 Å². The lowest BCUT2D eigenvalue weighted by Crippen LogP contribution is -2.30. The molecular formula is C21H22BrClN2O3S. The van der Waals surface area contributed by atoms with Gasteiger partial charge in [-0.25, -0.2) is 13.4 Å². The molecule has 3 aromatic rings. The van der Waals surface area contributed by atoms with Gasteiger partial charge >= 0.3 is 0 Å². The number of nitrogens with zero attached hydrogens (tertiary/aromatic N) is 1. The molecule has 0 bridgehead atoms. The van der Waals surface area contributed by atoms with Crippen molar-refractivity contribution in [1.82, 2.24) is 9.97 Å². The number of hydrogen-bond donors (Lipinski definition) is 2. The first-order valence-electron chi connectivity index (χ1n) is 9.54. The van der Waals surface area contributed by atoms with Gasteiger partial charge in [-0.15, -0.1) is 0 Å². The average molecular weight is 498 g/mol. The van der Waals surface area contributed by atoms with Gasteiger partial charge in [0, 0.05) is 22.3 Å². The van der Waals surface area contributed by atoms with Crippen LogP contribution in [0.3, 0.4) is 0 Å². The van der Waals surface area contributed by atoms with Gasteiger partial charge in [0.2, 0.25) is 0 Å². The third-order valence-electron chi connectivity index (χ3n) is 5.75. The van der Waals surface area contributed by atoms with Gasteiger partial charge in [-0.1, -0.05) is 43.4 Å². The Bertz CT molecular complexity index is 1170. The fourth-order valence-corrected chi connectivity index (χ4v) is 5.96. The molecule has 2 N–H and O–H groups in total. The van der Waals surface area contributed by atoms with E-state index in [1.54, 1.807) is 18.3 Å². The first-order valence-corrected chi connectivity index (χ1v) is 12.6. The third kappa shape index (κ3) is 4.10. The van der Waals surface area contributed by atoms with Crippen molar-refractivity contribution in [2.45, 2.75) is 42.6 Å². The minimum Gasteiger partial charge on any atom is -0.379 e. The SMILES string of the molecule is CS(=O)(=O)c1ccc(C(O)(CC2CCCC2)c2cc3cc(Br)cnc3[nH]2)cc1Cl. The second-order valence-electron chi connectivity index (χ2n) is 7.91. The Kier molecular flexibility index (Phi) is 5.53. The number of benzene rings is 1. The molecule has 1 fully saturated rings. The molecule has 1 aliphatic carbocycles. The minimum atomic E-state index is -3.44. The van der Waals surface area contributed by atoms with E-state index in [-0.39, 0.29) is 9.92 Å². The number of sulfone groups is 1. The van der Waals surface area contributed by atoms with Crippen LogP contribution >= 0.6 is 27.5 Å². The monoisotopic (exact) mass is 496 g/mol. The van der Waals surface area contributed by atoms with Crippen LogP contribution < -0.4 is 0 Å². The zero-order valence-corrected chi connectivity index (χ0v) is 19.1. The molecule has 1 saturated carbocycles. The molecule has 5 nitrogen and oxygen atoms in total. The van der Waals surface area contributed by atoms with Crippen LogP contribution in [0.1, 0.15) is 43.4 Å². The van der Waals surface area contributed by atoms with E-state index in [2.05, 4.69) is 25.9 Å². The Morgan fingerprint density at radius 2 is 2.00 bits per heavy atom. The van der Waals surface area contributed by atoms with Crippen molar-refractivity contribution in [3.8, 4) is 0 Å². The van der Waals surface area contributed by atoms with Crippen LogP contribution in [0.25, 0.3) is 11.0 Å². The van der Waals surface area contributed by atoms with Crippen LogP contribution in [0.15, 0.2) is 45.9 Å². The van der Waals surface area contributed by atoms with Crippen LogP contribution in [0.2, 0.25) is 5.02 Å². The number of H-pyrrole nitrogens is 1. The summed E-state index contributed by atoms with van der Waals surface area (Å²) in [7, 11) is -3.44. The van der Waals surface area contributed by atoms with E-state index < -0.39 is 15.4 Å². The van der Waals surface area contributed by atoms with Gasteiger partial charge in [0.1, 0.15) is 11.2 Å². The van der Waals surface area contributed by atoms with Crippen molar-refractivity contribution in [3.05, 3.63) is 57.3 Å². The highest BCUT2D eigenvalue weighted by Gasteiger charge is 2.37. The maximum atomic E-state index is 11.9. The number of fused-ring (bicyclic) bond motifs is 1. The van der Waals surface area contributed by atoms with Crippen molar-refractivity contribution in [2.75, 3.05) is 6.26 Å². The average Bonchev–Trinajstić information content (AvgIpc) is 3.29. The predicted octanol–water partition coefficient (Wildman–Crippen LogP) is 5.20. The number of halogens is 2. The lowest BCUT2D eigenvalue weighted by molar-refractivity contribution is 0.0494. The second kappa shape index (κ2) is 7.69. The summed E-state index contributed by atoms with van der Waals surface area (Å²) in [5, 5.41) is 12.9. The smallest absolute Gasteiger partial charge is 0.176 e. The molecule has 154 valence electrons. The first-order chi connectivity index (χ1) is 13.7. The van der Waals surface area contributed by atoms with E-state index in [1.807, 2.05) is 12.1 Å². The molecule has 1 unspecified atom stereocenters. The van der Waals surface area contributed by atoms with Gasteiger partial charge in [0.15, 0.2) is 9.84 Å². The van der Waals surface area contributed by atoms with E-state index in [0.29, 0.717) is 29.2 Å². The minimum absolute atomic E-state index is 0.0633. The first kappa shape index (κ1) is 20.8. The number of aliphatic hydroxyl groups is 1. The summed E-state index contributed by atoms with van der Waals surface area (Å²) in [6.45, 7) is 0.